The zero-order valence-corrected chi connectivity index (χ0v) is 20.1. The molecule has 1 heterocycles. The van der Waals surface area contributed by atoms with E-state index < -0.39 is 24.4 Å². The van der Waals surface area contributed by atoms with Gasteiger partial charge < -0.3 is 9.16 Å². The van der Waals surface area contributed by atoms with Gasteiger partial charge in [0, 0.05) is 13.1 Å². The molecule has 162 valence electrons. The maximum absolute atomic E-state index is 12.5. The average molecular weight is 433 g/mol. The van der Waals surface area contributed by atoms with Crippen molar-refractivity contribution in [2.75, 3.05) is 26.0 Å². The second-order valence-electron chi connectivity index (χ2n) is 8.84. The Bertz CT molecular complexity index is 698. The number of ether oxygens (including phenoxy) is 1. The van der Waals surface area contributed by atoms with E-state index in [1.807, 2.05) is 6.92 Å². The summed E-state index contributed by atoms with van der Waals surface area (Å²) in [7, 11) is -5.25. The fourth-order valence-electron chi connectivity index (χ4n) is 2.81. The van der Waals surface area contributed by atoms with E-state index in [1.165, 1.54) is 6.08 Å². The lowest BCUT2D eigenvalue weighted by molar-refractivity contribution is 0.107. The first-order chi connectivity index (χ1) is 12.7. The van der Waals surface area contributed by atoms with Crippen LogP contribution in [0.1, 0.15) is 34.1 Å². The summed E-state index contributed by atoms with van der Waals surface area (Å²) in [5, 5.41) is 0.0730. The topological polar surface area (TPSA) is 84.9 Å². The van der Waals surface area contributed by atoms with E-state index >= 15 is 0 Å². The number of nitrogens with zero attached hydrogens (tertiary/aromatic N) is 1. The largest absolute Gasteiger partial charge is 0.445 e. The van der Waals surface area contributed by atoms with E-state index in [1.54, 1.807) is 11.0 Å². The molecule has 1 aliphatic rings. The molecule has 7 nitrogen and oxygen atoms in total. The number of hydrogen-bond donors (Lipinski definition) is 1. The maximum atomic E-state index is 12.5. The summed E-state index contributed by atoms with van der Waals surface area (Å²) in [5.74, 6) is 0. The lowest BCUT2D eigenvalue weighted by Gasteiger charge is -2.38. The highest BCUT2D eigenvalue weighted by Gasteiger charge is 2.44. The van der Waals surface area contributed by atoms with Crippen molar-refractivity contribution < 1.29 is 22.4 Å². The molecule has 28 heavy (non-hydrogen) atoms. The Morgan fingerprint density at radius 3 is 2.46 bits per heavy atom. The van der Waals surface area contributed by atoms with Gasteiger partial charge in [-0.2, -0.15) is 0 Å². The highest BCUT2D eigenvalue weighted by atomic mass is 32.2. The van der Waals surface area contributed by atoms with Gasteiger partial charge in [0.05, 0.1) is 18.4 Å². The van der Waals surface area contributed by atoms with Crippen LogP contribution in [0.15, 0.2) is 24.3 Å². The lowest BCUT2D eigenvalue weighted by atomic mass is 10.1. The molecule has 1 fully saturated rings. The molecule has 1 rings (SSSR count). The van der Waals surface area contributed by atoms with E-state index in [4.69, 9.17) is 9.16 Å². The van der Waals surface area contributed by atoms with Gasteiger partial charge in [-0.15, -0.1) is 0 Å². The molecule has 1 amide bonds. The van der Waals surface area contributed by atoms with Crippen LogP contribution in [-0.2, 0) is 19.2 Å². The average Bonchev–Trinajstić information content (AvgIpc) is 2.93. The van der Waals surface area contributed by atoms with Gasteiger partial charge >= 0.3 is 6.09 Å². The number of carbonyl (C=O) groups excluding carboxylic acids is 1. The molecule has 0 spiro atoms. The molecule has 9 heteroatoms. The molecule has 0 aromatic carbocycles. The third kappa shape index (κ3) is 7.34. The third-order valence-electron chi connectivity index (χ3n) is 5.38. The zero-order chi connectivity index (χ0) is 21.8. The quantitative estimate of drug-likeness (QED) is 0.470. The molecule has 2 atom stereocenters. The second-order valence-corrected chi connectivity index (χ2v) is 15.4. The molecule has 0 bridgehead atoms. The number of rotatable bonds is 8. The predicted octanol–water partition coefficient (Wildman–Crippen LogP) is 3.27. The van der Waals surface area contributed by atoms with Crippen LogP contribution >= 0.6 is 0 Å². The number of likely N-dealkylation sites (tertiary alicyclic amines) is 1. The van der Waals surface area contributed by atoms with Gasteiger partial charge in [-0.25, -0.2) is 17.9 Å². The van der Waals surface area contributed by atoms with Crippen molar-refractivity contribution in [1.82, 2.24) is 9.62 Å². The number of carbonyl (C=O) groups is 1. The second kappa shape index (κ2) is 9.56. The molecule has 1 N–H and O–H groups in total. The molecule has 0 unspecified atom stereocenters. The Balaban J connectivity index is 2.97. The van der Waals surface area contributed by atoms with Crippen LogP contribution in [0.4, 0.5) is 4.79 Å². The van der Waals surface area contributed by atoms with E-state index in [2.05, 4.69) is 45.2 Å². The highest BCUT2D eigenvalue weighted by Crippen LogP contribution is 2.39. The summed E-state index contributed by atoms with van der Waals surface area (Å²) in [6.45, 7) is 17.2. The van der Waals surface area contributed by atoms with Gasteiger partial charge in [-0.05, 0) is 31.5 Å². The van der Waals surface area contributed by atoms with Crippen LogP contribution in [0.25, 0.3) is 0 Å². The number of nitrogens with one attached hydrogen (secondary N) is 1. The summed E-state index contributed by atoms with van der Waals surface area (Å²) in [6.07, 6.45) is 4.63. The number of amides is 1. The summed E-state index contributed by atoms with van der Waals surface area (Å²) >= 11 is 0. The van der Waals surface area contributed by atoms with Crippen LogP contribution in [0, 0.1) is 0 Å². The summed E-state index contributed by atoms with van der Waals surface area (Å²) < 4.78 is 36.8. The van der Waals surface area contributed by atoms with Crippen molar-refractivity contribution in [3.63, 3.8) is 0 Å². The first kappa shape index (κ1) is 24.9. The molecule has 1 saturated heterocycles. The molecule has 0 aromatic heterocycles. The molecular weight excluding hydrogens is 396 g/mol. The van der Waals surface area contributed by atoms with Gasteiger partial charge in [-0.3, -0.25) is 4.90 Å². The monoisotopic (exact) mass is 432 g/mol. The van der Waals surface area contributed by atoms with Gasteiger partial charge in [0.2, 0.25) is 10.0 Å². The smallest absolute Gasteiger partial charge is 0.410 e. The van der Waals surface area contributed by atoms with E-state index in [0.717, 1.165) is 11.8 Å². The lowest BCUT2D eigenvalue weighted by Crippen LogP contribution is -2.44. The predicted molar refractivity (Wildman–Crippen MR) is 115 cm³/mol. The zero-order valence-electron chi connectivity index (χ0n) is 18.2. The van der Waals surface area contributed by atoms with Gasteiger partial charge in [0.25, 0.3) is 0 Å². The van der Waals surface area contributed by atoms with Crippen molar-refractivity contribution in [2.24, 2.45) is 0 Å². The molecule has 1 aliphatic heterocycles. The van der Waals surface area contributed by atoms with Crippen LogP contribution in [-0.4, -0.2) is 65.8 Å². The van der Waals surface area contributed by atoms with Crippen LogP contribution in [0.2, 0.25) is 18.1 Å². The maximum Gasteiger partial charge on any atom is 0.410 e. The highest BCUT2D eigenvalue weighted by molar-refractivity contribution is 7.88. The number of hydrogen-bond acceptors (Lipinski definition) is 5. The van der Waals surface area contributed by atoms with Gasteiger partial charge in [0.15, 0.2) is 8.32 Å². The van der Waals surface area contributed by atoms with E-state index in [9.17, 15) is 13.2 Å². The van der Waals surface area contributed by atoms with Crippen molar-refractivity contribution in [3.8, 4) is 0 Å². The molecular formula is C19H36N2O5SSi. The van der Waals surface area contributed by atoms with Crippen molar-refractivity contribution >= 4 is 24.4 Å². The van der Waals surface area contributed by atoms with Crippen molar-refractivity contribution in [1.29, 1.82) is 0 Å². The minimum absolute atomic E-state index is 0.0730. The van der Waals surface area contributed by atoms with Crippen LogP contribution < -0.4 is 4.72 Å². The Labute approximate surface area is 171 Å². The summed E-state index contributed by atoms with van der Waals surface area (Å²) in [5.41, 5.74) is 0.910. The molecule has 0 aliphatic carbocycles. The Morgan fingerprint density at radius 1 is 1.36 bits per heavy atom. The summed E-state index contributed by atoms with van der Waals surface area (Å²) in [6, 6.07) is -0.187. The fraction of sp³-hybridized carbons (Fsp3) is 0.737. The Morgan fingerprint density at radius 2 is 1.96 bits per heavy atom. The first-order valence-electron chi connectivity index (χ1n) is 9.51. The molecule has 0 radical (unpaired) electrons. The molecule has 0 saturated carbocycles. The number of sulfonamides is 1. The first-order valence-corrected chi connectivity index (χ1v) is 14.3. The minimum atomic E-state index is -3.27. The fourth-order valence-corrected chi connectivity index (χ4v) is 4.56. The van der Waals surface area contributed by atoms with E-state index in [-0.39, 0.29) is 30.3 Å². The van der Waals surface area contributed by atoms with E-state index in [0.29, 0.717) is 13.0 Å². The van der Waals surface area contributed by atoms with Crippen molar-refractivity contribution in [2.45, 2.75) is 64.4 Å². The van der Waals surface area contributed by atoms with Gasteiger partial charge in [0.1, 0.15) is 6.61 Å². The van der Waals surface area contributed by atoms with Crippen LogP contribution in [0.3, 0.4) is 0 Å². The minimum Gasteiger partial charge on any atom is -0.445 e. The normalized spacial score (nSPS) is 21.7. The Kier molecular flexibility index (Phi) is 8.49. The van der Waals surface area contributed by atoms with Crippen LogP contribution in [0.5, 0.6) is 0 Å². The summed E-state index contributed by atoms with van der Waals surface area (Å²) in [4.78, 5) is 14.2. The third-order valence-corrected chi connectivity index (χ3v) is 10.6. The van der Waals surface area contributed by atoms with Crippen molar-refractivity contribution in [3.05, 3.63) is 24.3 Å². The standard InChI is InChI=1S/C19H36N2O5SSi/c1-9-12-25-18(22)21-14-16(26-28(7,8)19(3,4)5)13-17(21)15(2)10-11-20-27(6,23)24/h9-10,16-17,20H,1,11-14H2,2-8H3/t16-,17+/m1/s1. The van der Waals surface area contributed by atoms with Gasteiger partial charge in [-0.1, -0.05) is 45.1 Å². The Hall–Kier alpha value is -1.16. The molecule has 0 aromatic rings. The SMILES string of the molecule is C=CCOC(=O)N1C[C@H](O[Si](C)(C)C(C)(C)C)C[C@H]1C(C)=CCNS(C)(=O)=O.